The molecule has 2 N–H and O–H groups in total. The van der Waals surface area contributed by atoms with Gasteiger partial charge in [0.1, 0.15) is 6.07 Å². The molecule has 0 saturated carbocycles. The highest BCUT2D eigenvalue weighted by atomic mass is 19.4. The third-order valence-corrected chi connectivity index (χ3v) is 2.08. The Labute approximate surface area is 68.4 Å². The number of hydrogen-bond donors (Lipinski definition) is 1. The molecule has 12 heavy (non-hydrogen) atoms. The van der Waals surface area contributed by atoms with Crippen molar-refractivity contribution in [3.8, 4) is 6.07 Å². The van der Waals surface area contributed by atoms with Crippen LogP contribution in [-0.2, 0) is 0 Å². The van der Waals surface area contributed by atoms with Crippen molar-refractivity contribution in [2.24, 2.45) is 0 Å². The molecule has 68 valence electrons. The summed E-state index contributed by atoms with van der Waals surface area (Å²) < 4.78 is 36.3. The van der Waals surface area contributed by atoms with Crippen LogP contribution in [0.5, 0.6) is 0 Å². The molecule has 0 unspecified atom stereocenters. The lowest BCUT2D eigenvalue weighted by Gasteiger charge is -2.25. The minimum absolute atomic E-state index is 0.141. The van der Waals surface area contributed by atoms with Gasteiger partial charge in [0.15, 0.2) is 12.1 Å². The van der Waals surface area contributed by atoms with Gasteiger partial charge in [-0.15, -0.1) is 0 Å². The number of rotatable bonds is 0. The van der Waals surface area contributed by atoms with E-state index in [1.165, 1.54) is 0 Å². The molecule has 5 heteroatoms. The predicted octanol–water partition coefficient (Wildman–Crippen LogP) is 0.557. The Morgan fingerprint density at radius 1 is 1.33 bits per heavy atom. The van der Waals surface area contributed by atoms with Gasteiger partial charge >= 0.3 is 6.18 Å². The Balaban J connectivity index is 2.53. The fourth-order valence-corrected chi connectivity index (χ4v) is 1.41. The number of alkyl halides is 3. The smallest absolute Gasteiger partial charge is 0.322 e. The van der Waals surface area contributed by atoms with Crippen LogP contribution in [0.3, 0.4) is 0 Å². The SMILES string of the molecule is N#C[C@@H]1CCC[C@@H](C(F)(F)F)[NH2+]1. The largest absolute Gasteiger partial charge is 0.441 e. The van der Waals surface area contributed by atoms with Crippen LogP contribution in [-0.4, -0.2) is 18.3 Å². The van der Waals surface area contributed by atoms with Gasteiger partial charge in [0.2, 0.25) is 0 Å². The Kier molecular flexibility index (Phi) is 2.58. The van der Waals surface area contributed by atoms with Gasteiger partial charge in [-0.3, -0.25) is 0 Å². The summed E-state index contributed by atoms with van der Waals surface area (Å²) in [6.45, 7) is 0. The Morgan fingerprint density at radius 2 is 2.00 bits per heavy atom. The molecule has 2 atom stereocenters. The average molecular weight is 179 g/mol. The Hall–Kier alpha value is -0.760. The second-order valence-corrected chi connectivity index (χ2v) is 3.01. The summed E-state index contributed by atoms with van der Waals surface area (Å²) >= 11 is 0. The van der Waals surface area contributed by atoms with E-state index in [9.17, 15) is 13.2 Å². The summed E-state index contributed by atoms with van der Waals surface area (Å²) in [6.07, 6.45) is -2.95. The van der Waals surface area contributed by atoms with Crippen molar-refractivity contribution >= 4 is 0 Å². The zero-order valence-electron chi connectivity index (χ0n) is 6.43. The lowest BCUT2D eigenvalue weighted by Crippen LogP contribution is -2.98. The zero-order valence-corrected chi connectivity index (χ0v) is 6.43. The van der Waals surface area contributed by atoms with Crippen LogP contribution < -0.4 is 5.32 Å². The van der Waals surface area contributed by atoms with Crippen molar-refractivity contribution in [1.29, 1.82) is 5.26 Å². The first-order valence-electron chi connectivity index (χ1n) is 3.85. The van der Waals surface area contributed by atoms with Gasteiger partial charge in [0, 0.05) is 12.8 Å². The van der Waals surface area contributed by atoms with Gasteiger partial charge in [-0.2, -0.15) is 18.4 Å². The van der Waals surface area contributed by atoms with Crippen molar-refractivity contribution in [1.82, 2.24) is 0 Å². The van der Waals surface area contributed by atoms with Crippen LogP contribution in [0.2, 0.25) is 0 Å². The van der Waals surface area contributed by atoms with Crippen molar-refractivity contribution in [3.05, 3.63) is 0 Å². The molecule has 0 aromatic heterocycles. The highest BCUT2D eigenvalue weighted by Crippen LogP contribution is 2.23. The van der Waals surface area contributed by atoms with E-state index in [4.69, 9.17) is 5.26 Å². The summed E-state index contributed by atoms with van der Waals surface area (Å²) in [5.74, 6) is 0. The summed E-state index contributed by atoms with van der Waals surface area (Å²) in [4.78, 5) is 0. The van der Waals surface area contributed by atoms with Gasteiger partial charge in [-0.05, 0) is 6.42 Å². The van der Waals surface area contributed by atoms with Crippen LogP contribution in [0.15, 0.2) is 0 Å². The van der Waals surface area contributed by atoms with Gasteiger partial charge in [-0.25, -0.2) is 0 Å². The highest BCUT2D eigenvalue weighted by Gasteiger charge is 2.45. The third kappa shape index (κ3) is 2.11. The molecule has 0 aromatic rings. The summed E-state index contributed by atoms with van der Waals surface area (Å²) in [6, 6.07) is -0.0234. The predicted molar refractivity (Wildman–Crippen MR) is 35.0 cm³/mol. The number of nitriles is 1. The summed E-state index contributed by atoms with van der Waals surface area (Å²) in [5, 5.41) is 9.55. The minimum atomic E-state index is -4.16. The Bertz CT molecular complexity index is 194. The molecule has 1 heterocycles. The van der Waals surface area contributed by atoms with Crippen LogP contribution >= 0.6 is 0 Å². The van der Waals surface area contributed by atoms with E-state index in [1.54, 1.807) is 0 Å². The summed E-state index contributed by atoms with van der Waals surface area (Å²) in [5.41, 5.74) is 0. The fraction of sp³-hybridized carbons (Fsp3) is 0.857. The number of piperidine rings is 1. The molecule has 1 fully saturated rings. The van der Waals surface area contributed by atoms with Crippen LogP contribution in [0.1, 0.15) is 19.3 Å². The van der Waals surface area contributed by atoms with Crippen molar-refractivity contribution in [3.63, 3.8) is 0 Å². The zero-order chi connectivity index (χ0) is 9.19. The van der Waals surface area contributed by atoms with Gasteiger partial charge in [0.05, 0.1) is 0 Å². The van der Waals surface area contributed by atoms with Crippen molar-refractivity contribution in [2.75, 3.05) is 0 Å². The number of nitrogens with two attached hydrogens (primary N) is 1. The first-order chi connectivity index (χ1) is 5.54. The molecule has 1 saturated heterocycles. The second kappa shape index (κ2) is 3.31. The molecule has 1 aliphatic heterocycles. The number of halogens is 3. The maximum atomic E-state index is 12.1. The van der Waals surface area contributed by atoms with Crippen LogP contribution in [0.4, 0.5) is 13.2 Å². The van der Waals surface area contributed by atoms with Crippen LogP contribution in [0.25, 0.3) is 0 Å². The maximum Gasteiger partial charge on any atom is 0.441 e. The lowest BCUT2D eigenvalue weighted by molar-refractivity contribution is -0.740. The molecule has 0 radical (unpaired) electrons. The van der Waals surface area contributed by atoms with Crippen molar-refractivity contribution < 1.29 is 18.5 Å². The van der Waals surface area contributed by atoms with E-state index in [0.29, 0.717) is 12.8 Å². The van der Waals surface area contributed by atoms with E-state index in [-0.39, 0.29) is 6.42 Å². The normalized spacial score (nSPS) is 31.2. The molecule has 0 amide bonds. The maximum absolute atomic E-state index is 12.1. The summed E-state index contributed by atoms with van der Waals surface area (Å²) in [7, 11) is 0. The molecular weight excluding hydrogens is 169 g/mol. The first-order valence-corrected chi connectivity index (χ1v) is 3.85. The molecule has 0 aromatic carbocycles. The molecule has 0 spiro atoms. The molecule has 1 rings (SSSR count). The van der Waals surface area contributed by atoms with E-state index in [2.05, 4.69) is 0 Å². The molecule has 1 aliphatic rings. The third-order valence-electron chi connectivity index (χ3n) is 2.08. The molecule has 0 aliphatic carbocycles. The highest BCUT2D eigenvalue weighted by molar-refractivity contribution is 4.85. The molecular formula is C7H10F3N2+. The van der Waals surface area contributed by atoms with Crippen LogP contribution in [0, 0.1) is 11.3 Å². The molecule has 2 nitrogen and oxygen atoms in total. The van der Waals surface area contributed by atoms with E-state index >= 15 is 0 Å². The van der Waals surface area contributed by atoms with Gasteiger partial charge < -0.3 is 5.32 Å². The number of nitrogens with zero attached hydrogens (tertiary/aromatic N) is 1. The average Bonchev–Trinajstić information content (AvgIpc) is 2.03. The lowest BCUT2D eigenvalue weighted by atomic mass is 9.99. The Morgan fingerprint density at radius 3 is 2.50 bits per heavy atom. The van der Waals surface area contributed by atoms with E-state index in [0.717, 1.165) is 5.32 Å². The minimum Gasteiger partial charge on any atom is -0.322 e. The number of quaternary nitrogens is 1. The van der Waals surface area contributed by atoms with Crippen molar-refractivity contribution in [2.45, 2.75) is 37.5 Å². The quantitative estimate of drug-likeness (QED) is 0.579. The fourth-order valence-electron chi connectivity index (χ4n) is 1.41. The molecule has 0 bridgehead atoms. The monoisotopic (exact) mass is 179 g/mol. The second-order valence-electron chi connectivity index (χ2n) is 3.01. The van der Waals surface area contributed by atoms with E-state index in [1.807, 2.05) is 6.07 Å². The number of hydrogen-bond acceptors (Lipinski definition) is 1. The topological polar surface area (TPSA) is 40.4 Å². The van der Waals surface area contributed by atoms with E-state index < -0.39 is 18.3 Å². The van der Waals surface area contributed by atoms with Gasteiger partial charge in [-0.1, -0.05) is 0 Å². The van der Waals surface area contributed by atoms with Gasteiger partial charge in [0.25, 0.3) is 0 Å². The first kappa shape index (κ1) is 9.33. The standard InChI is InChI=1S/C7H9F3N2/c8-7(9,10)6-3-1-2-5(4-11)12-6/h5-6,12H,1-3H2/p+1/t5-,6-/m0/s1.